The van der Waals surface area contributed by atoms with Crippen LogP contribution in [0.15, 0.2) is 0 Å². The van der Waals surface area contributed by atoms with Gasteiger partial charge in [-0.2, -0.15) is 0 Å². The van der Waals surface area contributed by atoms with E-state index in [1.54, 1.807) is 0 Å². The van der Waals surface area contributed by atoms with Crippen LogP contribution in [0.5, 0.6) is 0 Å². The zero-order chi connectivity index (χ0) is 14.8. The summed E-state index contributed by atoms with van der Waals surface area (Å²) >= 11 is 0. The number of carbonyl (C=O) groups is 1. The maximum atomic E-state index is 11.9. The molecule has 21 heavy (non-hydrogen) atoms. The molecule has 4 aliphatic rings. The average molecular weight is 290 g/mol. The third-order valence-electron chi connectivity index (χ3n) is 8.05. The van der Waals surface area contributed by atoms with Crippen molar-refractivity contribution in [2.75, 3.05) is 0 Å². The van der Waals surface area contributed by atoms with E-state index in [1.165, 1.54) is 32.1 Å². The van der Waals surface area contributed by atoms with Crippen molar-refractivity contribution in [2.24, 2.45) is 40.9 Å². The van der Waals surface area contributed by atoms with E-state index < -0.39 is 0 Å². The minimum atomic E-state index is -0.0634. The second-order valence-corrected chi connectivity index (χ2v) is 8.91. The van der Waals surface area contributed by atoms with Crippen LogP contribution in [-0.2, 0) is 4.79 Å². The van der Waals surface area contributed by atoms with E-state index in [2.05, 4.69) is 13.8 Å². The van der Waals surface area contributed by atoms with Crippen LogP contribution in [0.4, 0.5) is 0 Å². The van der Waals surface area contributed by atoms with Crippen molar-refractivity contribution >= 4 is 5.78 Å². The Morgan fingerprint density at radius 1 is 1.05 bits per heavy atom. The van der Waals surface area contributed by atoms with Gasteiger partial charge in [-0.3, -0.25) is 4.79 Å². The number of Topliss-reactive ketones (excluding diaryl/α,β-unsaturated/α-hetero) is 1. The van der Waals surface area contributed by atoms with Gasteiger partial charge in [0.2, 0.25) is 0 Å². The minimum absolute atomic E-state index is 0.0634. The van der Waals surface area contributed by atoms with Crippen molar-refractivity contribution in [3.63, 3.8) is 0 Å². The summed E-state index contributed by atoms with van der Waals surface area (Å²) in [4.78, 5) is 11.9. The first kappa shape index (κ1) is 14.2. The number of carbonyl (C=O) groups excluding carboxylic acids is 1. The van der Waals surface area contributed by atoms with E-state index in [-0.39, 0.29) is 11.5 Å². The second kappa shape index (κ2) is 4.81. The quantitative estimate of drug-likeness (QED) is 0.736. The lowest BCUT2D eigenvalue weighted by Gasteiger charge is -2.56. The first-order valence-electron chi connectivity index (χ1n) is 9.20. The van der Waals surface area contributed by atoms with E-state index in [1.807, 2.05) is 0 Å². The molecule has 3 unspecified atom stereocenters. The molecule has 0 radical (unpaired) electrons. The molecule has 2 nitrogen and oxygen atoms in total. The van der Waals surface area contributed by atoms with Gasteiger partial charge in [-0.15, -0.1) is 0 Å². The van der Waals surface area contributed by atoms with Crippen LogP contribution in [0, 0.1) is 40.9 Å². The lowest BCUT2D eigenvalue weighted by Crippen LogP contribution is -2.51. The van der Waals surface area contributed by atoms with Gasteiger partial charge in [0, 0.05) is 12.8 Å². The molecule has 0 saturated heterocycles. The SMILES string of the molecule is CC1CC(=O)CC2CC[C@@H]3[C@H](CC[C@]4(C)C(O)CC[C@@H]34)[C@@H]12. The molecule has 0 aliphatic heterocycles. The highest BCUT2D eigenvalue weighted by Crippen LogP contribution is 2.62. The van der Waals surface area contributed by atoms with Gasteiger partial charge in [0.1, 0.15) is 5.78 Å². The Bertz CT molecular complexity index is 445. The maximum Gasteiger partial charge on any atom is 0.133 e. The fraction of sp³-hybridized carbons (Fsp3) is 0.947. The molecule has 0 bridgehead atoms. The van der Waals surface area contributed by atoms with Crippen molar-refractivity contribution in [3.8, 4) is 0 Å². The van der Waals surface area contributed by atoms with Gasteiger partial charge in [0.25, 0.3) is 0 Å². The number of fused-ring (bicyclic) bond motifs is 5. The second-order valence-electron chi connectivity index (χ2n) is 8.91. The van der Waals surface area contributed by atoms with Gasteiger partial charge in [-0.25, -0.2) is 0 Å². The largest absolute Gasteiger partial charge is 0.393 e. The standard InChI is InChI=1S/C19H30O2/c1-11-9-13(20)10-12-3-4-14-15(18(11)12)7-8-19(2)16(14)5-6-17(19)21/h11-12,14-18,21H,3-10H2,1-2H3/t11?,12?,14-,15+,16+,17?,18+,19+/m1/s1. The molecular formula is C19H30O2. The number of aliphatic hydroxyl groups excluding tert-OH is 1. The van der Waals surface area contributed by atoms with Crippen LogP contribution in [0.3, 0.4) is 0 Å². The fourth-order valence-corrected chi connectivity index (χ4v) is 7.13. The Labute approximate surface area is 128 Å². The smallest absolute Gasteiger partial charge is 0.133 e. The summed E-state index contributed by atoms with van der Waals surface area (Å²) in [6.07, 6.45) is 8.99. The average Bonchev–Trinajstić information content (AvgIpc) is 2.74. The van der Waals surface area contributed by atoms with Crippen molar-refractivity contribution in [3.05, 3.63) is 0 Å². The molecule has 0 amide bonds. The zero-order valence-electron chi connectivity index (χ0n) is 13.6. The topological polar surface area (TPSA) is 37.3 Å². The zero-order valence-corrected chi connectivity index (χ0v) is 13.6. The van der Waals surface area contributed by atoms with Crippen LogP contribution < -0.4 is 0 Å². The van der Waals surface area contributed by atoms with Gasteiger partial charge in [-0.05, 0) is 79.4 Å². The summed E-state index contributed by atoms with van der Waals surface area (Å²) in [6, 6.07) is 0. The molecule has 8 atom stereocenters. The van der Waals surface area contributed by atoms with Crippen molar-refractivity contribution in [1.82, 2.24) is 0 Å². The van der Waals surface area contributed by atoms with Gasteiger partial charge in [0.05, 0.1) is 6.10 Å². The number of ketones is 1. The number of hydrogen-bond acceptors (Lipinski definition) is 2. The molecule has 4 fully saturated rings. The molecule has 1 N–H and O–H groups in total. The Morgan fingerprint density at radius 2 is 1.86 bits per heavy atom. The highest BCUT2D eigenvalue weighted by molar-refractivity contribution is 5.79. The van der Waals surface area contributed by atoms with Crippen molar-refractivity contribution < 1.29 is 9.90 Å². The predicted octanol–water partition coefficient (Wildman–Crippen LogP) is 3.82. The van der Waals surface area contributed by atoms with Gasteiger partial charge in [-0.1, -0.05) is 13.8 Å². The summed E-state index contributed by atoms with van der Waals surface area (Å²) < 4.78 is 0. The Balaban J connectivity index is 1.61. The predicted molar refractivity (Wildman–Crippen MR) is 82.7 cm³/mol. The molecule has 4 saturated carbocycles. The lowest BCUT2D eigenvalue weighted by molar-refractivity contribution is -0.133. The summed E-state index contributed by atoms with van der Waals surface area (Å²) in [7, 11) is 0. The Kier molecular flexibility index (Phi) is 3.26. The first-order valence-corrected chi connectivity index (χ1v) is 9.20. The third kappa shape index (κ3) is 1.97. The third-order valence-corrected chi connectivity index (χ3v) is 8.05. The number of aliphatic hydroxyl groups is 1. The van der Waals surface area contributed by atoms with Crippen LogP contribution in [0.2, 0.25) is 0 Å². The van der Waals surface area contributed by atoms with Gasteiger partial charge in [0.15, 0.2) is 0 Å². The van der Waals surface area contributed by atoms with E-state index in [0.29, 0.717) is 17.6 Å². The first-order chi connectivity index (χ1) is 10.0. The molecule has 4 aliphatic carbocycles. The summed E-state index contributed by atoms with van der Waals surface area (Å²) in [5, 5.41) is 10.4. The van der Waals surface area contributed by atoms with E-state index >= 15 is 0 Å². The Morgan fingerprint density at radius 3 is 2.67 bits per heavy atom. The van der Waals surface area contributed by atoms with Crippen molar-refractivity contribution in [1.29, 1.82) is 0 Å². The van der Waals surface area contributed by atoms with E-state index in [9.17, 15) is 9.90 Å². The molecule has 118 valence electrons. The molecule has 0 aromatic carbocycles. The highest BCUT2D eigenvalue weighted by Gasteiger charge is 2.57. The normalized spacial score (nSPS) is 56.5. The fourth-order valence-electron chi connectivity index (χ4n) is 7.13. The van der Waals surface area contributed by atoms with Gasteiger partial charge < -0.3 is 5.11 Å². The number of hydrogen-bond donors (Lipinski definition) is 1. The Hall–Kier alpha value is -0.370. The van der Waals surface area contributed by atoms with Crippen LogP contribution in [-0.4, -0.2) is 17.0 Å². The summed E-state index contributed by atoms with van der Waals surface area (Å²) in [6.45, 7) is 4.68. The van der Waals surface area contributed by atoms with Crippen LogP contribution in [0.25, 0.3) is 0 Å². The molecule has 0 aromatic heterocycles. The number of rotatable bonds is 0. The van der Waals surface area contributed by atoms with Gasteiger partial charge >= 0.3 is 0 Å². The monoisotopic (exact) mass is 290 g/mol. The maximum absolute atomic E-state index is 11.9. The van der Waals surface area contributed by atoms with Crippen LogP contribution >= 0.6 is 0 Å². The summed E-state index contributed by atoms with van der Waals surface area (Å²) in [5.74, 6) is 5.01. The molecule has 4 rings (SSSR count). The van der Waals surface area contributed by atoms with Crippen LogP contribution in [0.1, 0.15) is 65.2 Å². The molecule has 2 heteroatoms. The molecule has 0 aromatic rings. The van der Waals surface area contributed by atoms with Crippen molar-refractivity contribution in [2.45, 2.75) is 71.3 Å². The van der Waals surface area contributed by atoms with E-state index in [4.69, 9.17) is 0 Å². The molecule has 0 heterocycles. The molecular weight excluding hydrogens is 260 g/mol. The molecule has 0 spiro atoms. The lowest BCUT2D eigenvalue weighted by atomic mass is 9.49. The summed E-state index contributed by atoms with van der Waals surface area (Å²) in [5.41, 5.74) is 0.196. The minimum Gasteiger partial charge on any atom is -0.393 e. The highest BCUT2D eigenvalue weighted by atomic mass is 16.3. The van der Waals surface area contributed by atoms with E-state index in [0.717, 1.165) is 42.9 Å².